The normalized spacial score (nSPS) is 22.0. The third kappa shape index (κ3) is 4.94. The van der Waals surface area contributed by atoms with Gasteiger partial charge in [0.25, 0.3) is 5.91 Å². The van der Waals surface area contributed by atoms with Gasteiger partial charge in [-0.15, -0.1) is 0 Å². The Morgan fingerprint density at radius 1 is 1.23 bits per heavy atom. The second-order valence-electron chi connectivity index (χ2n) is 9.15. The summed E-state index contributed by atoms with van der Waals surface area (Å²) in [4.78, 5) is 17.0. The van der Waals surface area contributed by atoms with Gasteiger partial charge in [0.05, 0.1) is 30.9 Å². The number of methoxy groups -OCH3 is 1. The summed E-state index contributed by atoms with van der Waals surface area (Å²) in [5.41, 5.74) is -0.628. The van der Waals surface area contributed by atoms with Crippen molar-refractivity contribution in [2.24, 2.45) is 11.3 Å². The molecule has 35 heavy (non-hydrogen) atoms. The van der Waals surface area contributed by atoms with Gasteiger partial charge in [-0.3, -0.25) is 4.79 Å². The lowest BCUT2D eigenvalue weighted by molar-refractivity contribution is -0.137. The number of alkyl halides is 3. The quantitative estimate of drug-likeness (QED) is 0.596. The van der Waals surface area contributed by atoms with E-state index in [1.807, 2.05) is 16.7 Å². The number of hydrogen-bond acceptors (Lipinski definition) is 5. The van der Waals surface area contributed by atoms with Crippen molar-refractivity contribution >= 4 is 11.6 Å². The molecule has 2 aromatic carbocycles. The number of likely N-dealkylation sites (tertiary alicyclic amines) is 1. The van der Waals surface area contributed by atoms with Gasteiger partial charge >= 0.3 is 6.18 Å². The largest absolute Gasteiger partial charge is 0.497 e. The monoisotopic (exact) mass is 487 g/mol. The van der Waals surface area contributed by atoms with E-state index >= 15 is 0 Å². The minimum atomic E-state index is -4.61. The number of nitrogens with zero attached hydrogens (tertiary/aromatic N) is 3. The Kier molecular flexibility index (Phi) is 6.95. The van der Waals surface area contributed by atoms with Crippen molar-refractivity contribution in [1.82, 2.24) is 4.90 Å². The fourth-order valence-electron chi connectivity index (χ4n) is 5.20. The third-order valence-electron chi connectivity index (χ3n) is 7.12. The van der Waals surface area contributed by atoms with Crippen molar-refractivity contribution in [2.75, 3.05) is 51.4 Å². The minimum absolute atomic E-state index is 0.0299. The highest BCUT2D eigenvalue weighted by Crippen LogP contribution is 2.46. The summed E-state index contributed by atoms with van der Waals surface area (Å²) in [5, 5.41) is 9.13. The molecule has 2 aliphatic rings. The molecule has 2 fully saturated rings. The maximum absolute atomic E-state index is 13.6. The second-order valence-corrected chi connectivity index (χ2v) is 9.15. The molecule has 2 aromatic rings. The minimum Gasteiger partial charge on any atom is -0.497 e. The summed E-state index contributed by atoms with van der Waals surface area (Å²) < 4.78 is 51.7. The Bertz CT molecular complexity index is 1130. The van der Waals surface area contributed by atoms with Crippen molar-refractivity contribution in [2.45, 2.75) is 19.5 Å². The zero-order chi connectivity index (χ0) is 25.2. The number of carbonyl (C=O) groups is 1. The predicted molar refractivity (Wildman–Crippen MR) is 124 cm³/mol. The molecule has 0 radical (unpaired) electrons. The molecular formula is C26H28F3N3O3. The van der Waals surface area contributed by atoms with Crippen LogP contribution in [-0.4, -0.2) is 57.3 Å². The number of rotatable bonds is 6. The number of piperidine rings is 1. The van der Waals surface area contributed by atoms with Gasteiger partial charge in [-0.05, 0) is 49.7 Å². The standard InChI is InChI=1S/C26H28F3N3O3/c1-3-35-17-25-9-10-31(24(33)18-5-4-6-22(11-18)34-2)14-20(25)15-32(16-25)21-8-7-19(13-30)23(12-21)26(27,28)29/h4-8,11-12,20H,3,9-10,14-17H2,1-2H3/t20-,25+/m1/s1. The van der Waals surface area contributed by atoms with Gasteiger partial charge in [-0.1, -0.05) is 6.07 Å². The molecule has 9 heteroatoms. The highest BCUT2D eigenvalue weighted by atomic mass is 19.4. The maximum Gasteiger partial charge on any atom is 0.417 e. The molecule has 6 nitrogen and oxygen atoms in total. The molecule has 2 aliphatic heterocycles. The Labute approximate surface area is 202 Å². The fraction of sp³-hybridized carbons (Fsp3) is 0.462. The van der Waals surface area contributed by atoms with Crippen LogP contribution in [0.2, 0.25) is 0 Å². The van der Waals surface area contributed by atoms with Crippen molar-refractivity contribution < 1.29 is 27.4 Å². The molecule has 0 N–H and O–H groups in total. The molecule has 2 atom stereocenters. The molecule has 2 heterocycles. The molecule has 4 rings (SSSR count). The zero-order valence-electron chi connectivity index (χ0n) is 19.8. The second kappa shape index (κ2) is 9.78. The van der Waals surface area contributed by atoms with Crippen LogP contribution in [0.1, 0.15) is 34.8 Å². The van der Waals surface area contributed by atoms with E-state index in [2.05, 4.69) is 0 Å². The number of fused-ring (bicyclic) bond motifs is 1. The summed E-state index contributed by atoms with van der Waals surface area (Å²) >= 11 is 0. The highest BCUT2D eigenvalue weighted by Gasteiger charge is 2.50. The van der Waals surface area contributed by atoms with E-state index in [9.17, 15) is 18.0 Å². The van der Waals surface area contributed by atoms with Crippen LogP contribution >= 0.6 is 0 Å². The predicted octanol–water partition coefficient (Wildman–Crippen LogP) is 4.59. The van der Waals surface area contributed by atoms with E-state index in [0.717, 1.165) is 6.07 Å². The smallest absolute Gasteiger partial charge is 0.417 e. The first kappa shape index (κ1) is 24.9. The summed E-state index contributed by atoms with van der Waals surface area (Å²) in [6.45, 7) is 4.98. The van der Waals surface area contributed by atoms with Crippen LogP contribution in [0.4, 0.5) is 18.9 Å². The molecule has 0 aromatic heterocycles. The topological polar surface area (TPSA) is 65.8 Å². The molecule has 0 aliphatic carbocycles. The van der Waals surface area contributed by atoms with Crippen LogP contribution in [0.15, 0.2) is 42.5 Å². The lowest BCUT2D eigenvalue weighted by atomic mass is 9.73. The van der Waals surface area contributed by atoms with Crippen LogP contribution in [0.25, 0.3) is 0 Å². The van der Waals surface area contributed by atoms with E-state index in [1.165, 1.54) is 6.07 Å². The number of nitriles is 1. The zero-order valence-corrected chi connectivity index (χ0v) is 19.8. The van der Waals surface area contributed by atoms with Crippen molar-refractivity contribution in [3.63, 3.8) is 0 Å². The van der Waals surface area contributed by atoms with Crippen LogP contribution < -0.4 is 9.64 Å². The lowest BCUT2D eigenvalue weighted by Crippen LogP contribution is -2.51. The van der Waals surface area contributed by atoms with Gasteiger partial charge < -0.3 is 19.3 Å². The molecule has 2 saturated heterocycles. The van der Waals surface area contributed by atoms with E-state index in [4.69, 9.17) is 14.7 Å². The Hall–Kier alpha value is -3.25. The van der Waals surface area contributed by atoms with Gasteiger partial charge in [0, 0.05) is 55.4 Å². The first-order chi connectivity index (χ1) is 16.7. The van der Waals surface area contributed by atoms with Gasteiger partial charge in [0.2, 0.25) is 0 Å². The van der Waals surface area contributed by atoms with Crippen LogP contribution in [0, 0.1) is 22.7 Å². The molecule has 0 spiro atoms. The average molecular weight is 488 g/mol. The molecule has 0 saturated carbocycles. The van der Waals surface area contributed by atoms with Crippen LogP contribution in [0.5, 0.6) is 5.75 Å². The highest BCUT2D eigenvalue weighted by molar-refractivity contribution is 5.94. The van der Waals surface area contributed by atoms with Gasteiger partial charge in [0.15, 0.2) is 0 Å². The van der Waals surface area contributed by atoms with Crippen molar-refractivity contribution in [1.29, 1.82) is 5.26 Å². The third-order valence-corrected chi connectivity index (χ3v) is 7.12. The van der Waals surface area contributed by atoms with Crippen LogP contribution in [0.3, 0.4) is 0 Å². The van der Waals surface area contributed by atoms with Crippen molar-refractivity contribution in [3.8, 4) is 11.8 Å². The lowest BCUT2D eigenvalue weighted by Gasteiger charge is -2.43. The van der Waals surface area contributed by atoms with E-state index in [-0.39, 0.29) is 17.2 Å². The molecule has 1 amide bonds. The van der Waals surface area contributed by atoms with Crippen LogP contribution in [-0.2, 0) is 10.9 Å². The Balaban J connectivity index is 1.59. The number of ether oxygens (including phenoxy) is 2. The van der Waals surface area contributed by atoms with E-state index < -0.39 is 17.3 Å². The molecule has 0 bridgehead atoms. The molecular weight excluding hydrogens is 459 g/mol. The number of amides is 1. The molecule has 0 unspecified atom stereocenters. The number of halogens is 3. The summed E-state index contributed by atoms with van der Waals surface area (Å²) in [6, 6.07) is 12.5. The SMILES string of the molecule is CCOC[C@@]12CCN(C(=O)c3cccc(OC)c3)C[C@@H]1CN(c1ccc(C#N)c(C(F)(F)F)c1)C2. The van der Waals surface area contributed by atoms with Gasteiger partial charge in [-0.25, -0.2) is 0 Å². The number of anilines is 1. The van der Waals surface area contributed by atoms with E-state index in [1.54, 1.807) is 43.5 Å². The summed E-state index contributed by atoms with van der Waals surface area (Å²) in [7, 11) is 1.55. The van der Waals surface area contributed by atoms with Gasteiger partial charge in [0.1, 0.15) is 5.75 Å². The summed E-state index contributed by atoms with van der Waals surface area (Å²) in [5.74, 6) is 0.541. The maximum atomic E-state index is 13.6. The molecule has 186 valence electrons. The number of carbonyl (C=O) groups excluding carboxylic acids is 1. The first-order valence-corrected chi connectivity index (χ1v) is 11.6. The fourth-order valence-corrected chi connectivity index (χ4v) is 5.20. The van der Waals surface area contributed by atoms with E-state index in [0.29, 0.717) is 62.8 Å². The number of hydrogen-bond donors (Lipinski definition) is 0. The Morgan fingerprint density at radius 3 is 2.71 bits per heavy atom. The Morgan fingerprint density at radius 2 is 2.03 bits per heavy atom. The van der Waals surface area contributed by atoms with Gasteiger partial charge in [-0.2, -0.15) is 18.4 Å². The van der Waals surface area contributed by atoms with Crippen molar-refractivity contribution in [3.05, 3.63) is 59.2 Å². The number of benzene rings is 2. The summed E-state index contributed by atoms with van der Waals surface area (Å²) in [6.07, 6.45) is -3.93. The first-order valence-electron chi connectivity index (χ1n) is 11.6. The average Bonchev–Trinajstić information content (AvgIpc) is 3.25.